The van der Waals surface area contributed by atoms with Crippen LogP contribution in [0.15, 0.2) is 36.4 Å². The third-order valence-corrected chi connectivity index (χ3v) is 4.15. The van der Waals surface area contributed by atoms with Crippen LogP contribution in [0.3, 0.4) is 0 Å². The Morgan fingerprint density at radius 1 is 1.14 bits per heavy atom. The lowest BCUT2D eigenvalue weighted by atomic mass is 9.88. The van der Waals surface area contributed by atoms with Crippen molar-refractivity contribution < 1.29 is 4.74 Å². The molecule has 2 aromatic rings. The van der Waals surface area contributed by atoms with Gasteiger partial charge in [0.25, 0.3) is 0 Å². The zero-order valence-electron chi connectivity index (χ0n) is 12.8. The van der Waals surface area contributed by atoms with Crippen LogP contribution in [0, 0.1) is 13.8 Å². The van der Waals surface area contributed by atoms with E-state index in [0.717, 1.165) is 6.42 Å². The maximum absolute atomic E-state index is 6.20. The van der Waals surface area contributed by atoms with Gasteiger partial charge in [0, 0.05) is 5.92 Å². The van der Waals surface area contributed by atoms with Crippen LogP contribution >= 0.6 is 11.6 Å². The first-order chi connectivity index (χ1) is 10.0. The first-order valence-electron chi connectivity index (χ1n) is 7.14. The van der Waals surface area contributed by atoms with Crippen LogP contribution in [0.1, 0.15) is 28.2 Å². The Kier molecular flexibility index (Phi) is 5.27. The number of rotatable bonds is 5. The number of halogens is 1. The van der Waals surface area contributed by atoms with E-state index in [1.807, 2.05) is 12.1 Å². The molecule has 1 atom stereocenters. The molecule has 0 aliphatic rings. The lowest BCUT2D eigenvalue weighted by Crippen LogP contribution is -2.16. The average Bonchev–Trinajstić information content (AvgIpc) is 2.47. The normalized spacial score (nSPS) is 12.2. The second kappa shape index (κ2) is 6.97. The van der Waals surface area contributed by atoms with Crippen LogP contribution in [0.4, 0.5) is 0 Å². The van der Waals surface area contributed by atoms with E-state index in [-0.39, 0.29) is 0 Å². The Bertz CT molecular complexity index is 625. The highest BCUT2D eigenvalue weighted by Gasteiger charge is 2.14. The molecular weight excluding hydrogens is 282 g/mol. The second-order valence-electron chi connectivity index (χ2n) is 5.47. The lowest BCUT2D eigenvalue weighted by molar-refractivity contribution is 0.415. The molecule has 0 bridgehead atoms. The van der Waals surface area contributed by atoms with Crippen molar-refractivity contribution in [2.75, 3.05) is 13.7 Å². The van der Waals surface area contributed by atoms with Crippen molar-refractivity contribution in [2.24, 2.45) is 5.73 Å². The predicted molar refractivity (Wildman–Crippen MR) is 89.4 cm³/mol. The molecule has 112 valence electrons. The fourth-order valence-electron chi connectivity index (χ4n) is 2.64. The van der Waals surface area contributed by atoms with E-state index >= 15 is 0 Å². The molecule has 0 aliphatic carbocycles. The molecule has 0 heterocycles. The summed E-state index contributed by atoms with van der Waals surface area (Å²) in [6.07, 6.45) is 0.879. The van der Waals surface area contributed by atoms with E-state index in [0.29, 0.717) is 23.2 Å². The van der Waals surface area contributed by atoms with Crippen LogP contribution in [-0.2, 0) is 6.42 Å². The molecule has 0 radical (unpaired) electrons. The number of ether oxygens (including phenoxy) is 1. The summed E-state index contributed by atoms with van der Waals surface area (Å²) in [6, 6.07) is 12.5. The summed E-state index contributed by atoms with van der Waals surface area (Å²) in [5, 5.41) is 0.645. The SMILES string of the molecule is COc1ccc(CC(CN)c2cc(C)ccc2C)cc1Cl. The van der Waals surface area contributed by atoms with Gasteiger partial charge in [-0.3, -0.25) is 0 Å². The van der Waals surface area contributed by atoms with E-state index in [1.165, 1.54) is 22.3 Å². The molecule has 2 N–H and O–H groups in total. The summed E-state index contributed by atoms with van der Waals surface area (Å²) < 4.78 is 5.19. The highest BCUT2D eigenvalue weighted by molar-refractivity contribution is 6.32. The van der Waals surface area contributed by atoms with Gasteiger partial charge in [-0.15, -0.1) is 0 Å². The molecule has 0 aromatic heterocycles. The number of hydrogen-bond acceptors (Lipinski definition) is 2. The Morgan fingerprint density at radius 3 is 2.52 bits per heavy atom. The quantitative estimate of drug-likeness (QED) is 0.896. The molecule has 2 aromatic carbocycles. The van der Waals surface area contributed by atoms with Gasteiger partial charge in [-0.1, -0.05) is 41.4 Å². The van der Waals surface area contributed by atoms with Crippen molar-refractivity contribution in [1.82, 2.24) is 0 Å². The first kappa shape index (κ1) is 15.9. The minimum absolute atomic E-state index is 0.300. The number of nitrogens with two attached hydrogens (primary N) is 1. The van der Waals surface area contributed by atoms with Crippen molar-refractivity contribution in [1.29, 1.82) is 0 Å². The lowest BCUT2D eigenvalue weighted by Gasteiger charge is -2.19. The first-order valence-corrected chi connectivity index (χ1v) is 7.52. The Morgan fingerprint density at radius 2 is 1.90 bits per heavy atom. The Labute approximate surface area is 131 Å². The summed E-state index contributed by atoms with van der Waals surface area (Å²) >= 11 is 6.20. The topological polar surface area (TPSA) is 35.2 Å². The van der Waals surface area contributed by atoms with Crippen LogP contribution < -0.4 is 10.5 Å². The smallest absolute Gasteiger partial charge is 0.137 e. The monoisotopic (exact) mass is 303 g/mol. The number of aryl methyl sites for hydroxylation is 2. The van der Waals surface area contributed by atoms with Gasteiger partial charge in [-0.25, -0.2) is 0 Å². The van der Waals surface area contributed by atoms with Crippen molar-refractivity contribution in [3.05, 3.63) is 63.7 Å². The summed E-state index contributed by atoms with van der Waals surface area (Å²) in [5.74, 6) is 1.01. The largest absolute Gasteiger partial charge is 0.495 e. The standard InChI is InChI=1S/C18H22ClNO/c1-12-4-5-13(2)16(8-12)15(11-20)9-14-6-7-18(21-3)17(19)10-14/h4-8,10,15H,9,11,20H2,1-3H3. The van der Waals surface area contributed by atoms with Crippen LogP contribution in [0.25, 0.3) is 0 Å². The Hall–Kier alpha value is -1.51. The molecule has 2 rings (SSSR count). The van der Waals surface area contributed by atoms with Crippen molar-refractivity contribution in [2.45, 2.75) is 26.2 Å². The Balaban J connectivity index is 2.26. The highest BCUT2D eigenvalue weighted by atomic mass is 35.5. The van der Waals surface area contributed by atoms with Crippen LogP contribution in [0.5, 0.6) is 5.75 Å². The minimum atomic E-state index is 0.300. The van der Waals surface area contributed by atoms with Gasteiger partial charge in [0.05, 0.1) is 12.1 Å². The average molecular weight is 304 g/mol. The fourth-order valence-corrected chi connectivity index (χ4v) is 2.92. The molecule has 0 saturated heterocycles. The molecule has 0 amide bonds. The van der Waals surface area contributed by atoms with E-state index in [2.05, 4.69) is 38.1 Å². The van der Waals surface area contributed by atoms with E-state index in [9.17, 15) is 0 Å². The molecule has 0 saturated carbocycles. The van der Waals surface area contributed by atoms with Crippen molar-refractivity contribution >= 4 is 11.6 Å². The van der Waals surface area contributed by atoms with Gasteiger partial charge in [-0.05, 0) is 55.6 Å². The molecule has 0 fully saturated rings. The van der Waals surface area contributed by atoms with Gasteiger partial charge in [0.1, 0.15) is 5.75 Å². The highest BCUT2D eigenvalue weighted by Crippen LogP contribution is 2.29. The van der Waals surface area contributed by atoms with E-state index < -0.39 is 0 Å². The minimum Gasteiger partial charge on any atom is -0.495 e. The maximum atomic E-state index is 6.20. The summed E-state index contributed by atoms with van der Waals surface area (Å²) in [5.41, 5.74) is 11.1. The molecule has 2 nitrogen and oxygen atoms in total. The maximum Gasteiger partial charge on any atom is 0.137 e. The number of hydrogen-bond donors (Lipinski definition) is 1. The number of methoxy groups -OCH3 is 1. The predicted octanol–water partition coefficient (Wildman–Crippen LogP) is 4.25. The fraction of sp³-hybridized carbons (Fsp3) is 0.333. The van der Waals surface area contributed by atoms with Crippen LogP contribution in [-0.4, -0.2) is 13.7 Å². The van der Waals surface area contributed by atoms with E-state index in [1.54, 1.807) is 7.11 Å². The van der Waals surface area contributed by atoms with E-state index in [4.69, 9.17) is 22.1 Å². The van der Waals surface area contributed by atoms with Crippen molar-refractivity contribution in [3.8, 4) is 5.75 Å². The molecule has 0 spiro atoms. The third-order valence-electron chi connectivity index (χ3n) is 3.86. The zero-order chi connectivity index (χ0) is 15.4. The second-order valence-corrected chi connectivity index (χ2v) is 5.87. The summed E-state index contributed by atoms with van der Waals surface area (Å²) in [4.78, 5) is 0. The summed E-state index contributed by atoms with van der Waals surface area (Å²) in [7, 11) is 1.62. The number of benzene rings is 2. The van der Waals surface area contributed by atoms with Gasteiger partial charge in [0.2, 0.25) is 0 Å². The molecule has 21 heavy (non-hydrogen) atoms. The zero-order valence-corrected chi connectivity index (χ0v) is 13.6. The molecule has 1 unspecified atom stereocenters. The van der Waals surface area contributed by atoms with Crippen molar-refractivity contribution in [3.63, 3.8) is 0 Å². The summed E-state index contributed by atoms with van der Waals surface area (Å²) in [6.45, 7) is 4.87. The van der Waals surface area contributed by atoms with Crippen LogP contribution in [0.2, 0.25) is 5.02 Å². The third kappa shape index (κ3) is 3.78. The molecular formula is C18H22ClNO. The van der Waals surface area contributed by atoms with Gasteiger partial charge < -0.3 is 10.5 Å². The van der Waals surface area contributed by atoms with Gasteiger partial charge in [-0.2, -0.15) is 0 Å². The molecule has 3 heteroatoms. The van der Waals surface area contributed by atoms with Gasteiger partial charge >= 0.3 is 0 Å². The molecule has 0 aliphatic heterocycles. The van der Waals surface area contributed by atoms with Gasteiger partial charge in [0.15, 0.2) is 0 Å².